The van der Waals surface area contributed by atoms with Crippen LogP contribution in [-0.4, -0.2) is 87.4 Å². The number of carbonyl (C=O) groups excluding carboxylic acids is 2. The molecule has 0 aromatic carbocycles. The first-order chi connectivity index (χ1) is 33.6. The van der Waals surface area contributed by atoms with E-state index in [1.165, 1.54) is 0 Å². The van der Waals surface area contributed by atoms with Crippen LogP contribution in [0.1, 0.15) is 155 Å². The zero-order valence-corrected chi connectivity index (χ0v) is 43.6. The van der Waals surface area contributed by atoms with Crippen molar-refractivity contribution in [3.63, 3.8) is 0 Å². The number of rotatable bonds is 45. The Morgan fingerprint density at radius 3 is 1.17 bits per heavy atom. The van der Waals surface area contributed by atoms with Gasteiger partial charge in [-0.25, -0.2) is 4.79 Å². The highest BCUT2D eigenvalue weighted by Crippen LogP contribution is 2.11. The molecule has 1 N–H and O–H groups in total. The van der Waals surface area contributed by atoms with Gasteiger partial charge in [-0.05, 0) is 116 Å². The van der Waals surface area contributed by atoms with E-state index in [9.17, 15) is 19.5 Å². The van der Waals surface area contributed by atoms with Crippen LogP contribution in [0.4, 0.5) is 0 Å². The van der Waals surface area contributed by atoms with Crippen LogP contribution in [0.2, 0.25) is 0 Å². The number of likely N-dealkylation sites (N-methyl/N-ethyl adjacent to an activating group) is 1. The van der Waals surface area contributed by atoms with Gasteiger partial charge >= 0.3 is 17.9 Å². The average molecular weight is 957 g/mol. The van der Waals surface area contributed by atoms with Gasteiger partial charge in [0.25, 0.3) is 6.29 Å². The van der Waals surface area contributed by atoms with E-state index in [0.717, 1.165) is 116 Å². The number of hydrogen-bond donors (Lipinski definition) is 1. The van der Waals surface area contributed by atoms with Crippen molar-refractivity contribution in [2.24, 2.45) is 0 Å². The number of unbranched alkanes of at least 4 members (excludes halogenated alkanes) is 6. The van der Waals surface area contributed by atoms with Crippen LogP contribution in [0.3, 0.4) is 0 Å². The molecule has 69 heavy (non-hydrogen) atoms. The second-order valence-electron chi connectivity index (χ2n) is 17.7. The third kappa shape index (κ3) is 50.9. The van der Waals surface area contributed by atoms with E-state index in [1.807, 2.05) is 21.1 Å². The van der Waals surface area contributed by atoms with Crippen molar-refractivity contribution in [3.8, 4) is 0 Å². The van der Waals surface area contributed by atoms with Gasteiger partial charge in [-0.3, -0.25) is 9.59 Å². The third-order valence-corrected chi connectivity index (χ3v) is 10.1. The molecule has 386 valence electrons. The number of ether oxygens (including phenoxy) is 4. The summed E-state index contributed by atoms with van der Waals surface area (Å²) in [7, 11) is 5.92. The van der Waals surface area contributed by atoms with Crippen LogP contribution in [0.25, 0.3) is 0 Å². The first-order valence-electron chi connectivity index (χ1n) is 26.0. The molecule has 9 heteroatoms. The van der Waals surface area contributed by atoms with Gasteiger partial charge in [0.1, 0.15) is 13.2 Å². The molecule has 2 unspecified atom stereocenters. The van der Waals surface area contributed by atoms with E-state index in [4.69, 9.17) is 18.9 Å². The van der Waals surface area contributed by atoms with E-state index in [2.05, 4.69) is 160 Å². The largest absolute Gasteiger partial charge is 0.477 e. The summed E-state index contributed by atoms with van der Waals surface area (Å²) in [5.74, 6) is -2.12. The summed E-state index contributed by atoms with van der Waals surface area (Å²) in [5, 5.41) is 9.67. The number of hydrogen-bond acceptors (Lipinski definition) is 7. The maximum absolute atomic E-state index is 12.8. The van der Waals surface area contributed by atoms with Crippen molar-refractivity contribution in [1.29, 1.82) is 0 Å². The molecule has 0 radical (unpaired) electrons. The first kappa shape index (κ1) is 64.2. The van der Waals surface area contributed by atoms with Gasteiger partial charge in [0, 0.05) is 12.8 Å². The molecule has 0 saturated heterocycles. The molecule has 2 atom stereocenters. The van der Waals surface area contributed by atoms with Crippen molar-refractivity contribution in [2.45, 2.75) is 167 Å². The van der Waals surface area contributed by atoms with Gasteiger partial charge in [-0.1, -0.05) is 173 Å². The Labute approximate surface area is 420 Å². The number of allylic oxidation sites excluding steroid dienone is 24. The van der Waals surface area contributed by atoms with Gasteiger partial charge < -0.3 is 28.5 Å². The fourth-order valence-electron chi connectivity index (χ4n) is 6.13. The molecule has 0 aromatic heterocycles. The summed E-state index contributed by atoms with van der Waals surface area (Å²) in [5.41, 5.74) is 0. The lowest BCUT2D eigenvalue weighted by atomic mass is 10.1. The van der Waals surface area contributed by atoms with Crippen molar-refractivity contribution in [1.82, 2.24) is 0 Å². The van der Waals surface area contributed by atoms with Crippen molar-refractivity contribution >= 4 is 17.9 Å². The minimum absolute atomic E-state index is 0.166. The topological polar surface area (TPSA) is 108 Å². The van der Waals surface area contributed by atoms with Crippen LogP contribution in [0.5, 0.6) is 0 Å². The van der Waals surface area contributed by atoms with Gasteiger partial charge in [-0.15, -0.1) is 0 Å². The van der Waals surface area contributed by atoms with Crippen LogP contribution < -0.4 is 0 Å². The highest BCUT2D eigenvalue weighted by atomic mass is 16.7. The molecule has 0 bridgehead atoms. The summed E-state index contributed by atoms with van der Waals surface area (Å²) in [6, 6.07) is 0. The van der Waals surface area contributed by atoms with E-state index in [0.29, 0.717) is 23.9 Å². The minimum atomic E-state index is -1.54. The van der Waals surface area contributed by atoms with Gasteiger partial charge in [0.05, 0.1) is 34.4 Å². The maximum Gasteiger partial charge on any atom is 0.361 e. The van der Waals surface area contributed by atoms with E-state index in [-0.39, 0.29) is 32.7 Å². The minimum Gasteiger partial charge on any atom is -0.477 e. The lowest BCUT2D eigenvalue weighted by molar-refractivity contribution is -0.870. The molecule has 0 spiro atoms. The molecule has 0 rings (SSSR count). The molecular formula is C60H94NO8+. The number of quaternary nitrogens is 1. The molecule has 0 aliphatic rings. The second-order valence-corrected chi connectivity index (χ2v) is 17.7. The molecule has 0 aromatic rings. The zero-order chi connectivity index (χ0) is 50.6. The smallest absolute Gasteiger partial charge is 0.361 e. The Kier molecular flexibility index (Phi) is 46.1. The standard InChI is InChI=1S/C60H93NO8/c1-6-8-10-12-14-16-18-20-22-23-24-25-26-27-28-29-30-31-32-33-34-35-37-39-41-43-45-47-49-51-58(63)69-56(55-68-60(59(64)65)66-53-52-61(3,4)5)54-67-57(62)50-48-46-44-42-40-38-36-21-19-17-15-13-11-9-7-2/h8-11,14-17,20-22,24-25,27-28,30-31,33-34,36-37,39-40,42,56,60H,6-7,12-13,18-19,23,26,29,32,35,38,41,43-55H2,1-5H3/p+1/b10-8-,11-9-,16-14-,17-15-,22-20-,25-24-,28-27-,31-30-,34-33-,36-21-,39-37-,42-40-. The molecule has 0 fully saturated rings. The Bertz CT molecular complexity index is 1630. The molecule has 0 aliphatic carbocycles. The Morgan fingerprint density at radius 1 is 0.435 bits per heavy atom. The molecule has 0 aliphatic heterocycles. The number of carboxylic acids is 1. The number of aliphatic carboxylic acids is 1. The molecular weight excluding hydrogens is 863 g/mol. The van der Waals surface area contributed by atoms with E-state index < -0.39 is 30.3 Å². The fourth-order valence-corrected chi connectivity index (χ4v) is 6.13. The SMILES string of the molecule is CC/C=C\C/C=C\C/C=C\C/C=C\C/C=C\C/C=C\C/C=C\C/C=C\CCCCCCC(=O)OC(COC(=O)CCCC/C=C\C/C=C\C/C=C\C/C=C\CC)COC(OCC[N+](C)(C)C)C(=O)O. The molecule has 0 saturated carbocycles. The van der Waals surface area contributed by atoms with E-state index >= 15 is 0 Å². The second kappa shape index (κ2) is 49.6. The lowest BCUT2D eigenvalue weighted by Crippen LogP contribution is -2.40. The zero-order valence-electron chi connectivity index (χ0n) is 43.6. The van der Waals surface area contributed by atoms with Gasteiger partial charge in [-0.2, -0.15) is 0 Å². The Balaban J connectivity index is 4.45. The van der Waals surface area contributed by atoms with E-state index in [1.54, 1.807) is 0 Å². The molecule has 9 nitrogen and oxygen atoms in total. The van der Waals surface area contributed by atoms with Crippen molar-refractivity contribution in [3.05, 3.63) is 146 Å². The quantitative estimate of drug-likeness (QED) is 0.0211. The molecule has 0 amide bonds. The maximum atomic E-state index is 12.8. The number of carbonyl (C=O) groups is 3. The third-order valence-electron chi connectivity index (χ3n) is 10.1. The Morgan fingerprint density at radius 2 is 0.783 bits per heavy atom. The van der Waals surface area contributed by atoms with Crippen LogP contribution in [0.15, 0.2) is 146 Å². The van der Waals surface area contributed by atoms with Crippen LogP contribution in [0, 0.1) is 0 Å². The van der Waals surface area contributed by atoms with Crippen LogP contribution in [-0.2, 0) is 33.3 Å². The normalized spacial score (nSPS) is 14.0. The first-order valence-corrected chi connectivity index (χ1v) is 26.0. The summed E-state index contributed by atoms with van der Waals surface area (Å²) in [6.07, 6.45) is 69.2. The monoisotopic (exact) mass is 957 g/mol. The summed E-state index contributed by atoms with van der Waals surface area (Å²) in [4.78, 5) is 37.3. The Hall–Kier alpha value is -4.83. The summed E-state index contributed by atoms with van der Waals surface area (Å²) in [6.45, 7) is 4.52. The fraction of sp³-hybridized carbons (Fsp3) is 0.550. The van der Waals surface area contributed by atoms with Crippen molar-refractivity contribution < 1.29 is 42.9 Å². The summed E-state index contributed by atoms with van der Waals surface area (Å²) < 4.78 is 22.7. The number of esters is 2. The number of carboxylic acid groups (broad SMARTS) is 1. The summed E-state index contributed by atoms with van der Waals surface area (Å²) >= 11 is 0. The van der Waals surface area contributed by atoms with Crippen LogP contribution >= 0.6 is 0 Å². The lowest BCUT2D eigenvalue weighted by Gasteiger charge is -2.25. The average Bonchev–Trinajstić information content (AvgIpc) is 3.31. The van der Waals surface area contributed by atoms with Gasteiger partial charge in [0.15, 0.2) is 6.10 Å². The predicted octanol–water partition coefficient (Wildman–Crippen LogP) is 14.9. The number of nitrogens with zero attached hydrogens (tertiary/aromatic N) is 1. The highest BCUT2D eigenvalue weighted by molar-refractivity contribution is 5.71. The molecule has 0 heterocycles. The van der Waals surface area contributed by atoms with Gasteiger partial charge in [0.2, 0.25) is 0 Å². The van der Waals surface area contributed by atoms with Crippen molar-refractivity contribution in [2.75, 3.05) is 47.5 Å². The highest BCUT2D eigenvalue weighted by Gasteiger charge is 2.25. The predicted molar refractivity (Wildman–Crippen MR) is 290 cm³/mol.